The van der Waals surface area contributed by atoms with Crippen LogP contribution in [0.1, 0.15) is 161 Å². The van der Waals surface area contributed by atoms with Crippen LogP contribution in [0.5, 0.6) is 5.75 Å². The molecule has 32 N–H and O–H groups in total. The van der Waals surface area contributed by atoms with Crippen molar-refractivity contribution in [2.45, 2.75) is 255 Å². The second-order valence-corrected chi connectivity index (χ2v) is 35.0. The van der Waals surface area contributed by atoms with Gasteiger partial charge in [0.15, 0.2) is 5.96 Å². The summed E-state index contributed by atoms with van der Waals surface area (Å²) in [5, 5.41) is 99.1. The minimum absolute atomic E-state index is 0.0137. The van der Waals surface area contributed by atoms with Crippen molar-refractivity contribution in [2.75, 3.05) is 39.5 Å². The summed E-state index contributed by atoms with van der Waals surface area (Å²) in [6.07, 6.45) is 0.823. The lowest BCUT2D eigenvalue weighted by molar-refractivity contribution is -0.144. The van der Waals surface area contributed by atoms with E-state index in [9.17, 15) is 87.9 Å². The van der Waals surface area contributed by atoms with Gasteiger partial charge in [-0.2, -0.15) is 0 Å². The molecule has 43 nitrogen and oxygen atoms in total. The molecule has 0 fully saturated rings. The zero-order valence-electron chi connectivity index (χ0n) is 78.4. The van der Waals surface area contributed by atoms with Gasteiger partial charge in [0.2, 0.25) is 88.6 Å². The molecule has 0 saturated carbocycles. The number of H-pyrrole nitrogens is 1. The summed E-state index contributed by atoms with van der Waals surface area (Å²) < 4.78 is 0. The van der Waals surface area contributed by atoms with E-state index >= 15 is 14.4 Å². The van der Waals surface area contributed by atoms with Crippen molar-refractivity contribution < 1.29 is 102 Å². The Labute approximate surface area is 790 Å². The van der Waals surface area contributed by atoms with E-state index in [4.69, 9.17) is 34.1 Å². The Bertz CT molecular complexity index is 4760. The number of carboxylic acid groups (broad SMARTS) is 1. The number of carbonyl (C=O) groups excluding carboxylic acids is 15. The Morgan fingerprint density at radius 2 is 0.728 bits per heavy atom. The van der Waals surface area contributed by atoms with Gasteiger partial charge in [-0.15, -0.1) is 0 Å². The number of phenolic OH excluding ortho intramolecular Hbond substituents is 1. The summed E-state index contributed by atoms with van der Waals surface area (Å²) in [6.45, 7) is 10.4. The quantitative estimate of drug-likeness (QED) is 0.0104. The molecule has 0 aliphatic rings. The van der Waals surface area contributed by atoms with Gasteiger partial charge in [-0.3, -0.25) is 77.3 Å². The average Bonchev–Trinajstić information content (AvgIpc) is 1.74. The number of aromatic amines is 1. The summed E-state index contributed by atoms with van der Waals surface area (Å²) in [6, 6.07) is 6.70. The molecule has 0 aliphatic heterocycles. The molecule has 0 bridgehead atoms. The van der Waals surface area contributed by atoms with Crippen molar-refractivity contribution >= 4 is 111 Å². The lowest BCUT2D eigenvalue weighted by Crippen LogP contribution is -2.62. The van der Waals surface area contributed by atoms with Crippen LogP contribution in [0.4, 0.5) is 0 Å². The Kier molecular flexibility index (Phi) is 49.0. The molecule has 136 heavy (non-hydrogen) atoms. The van der Waals surface area contributed by atoms with Crippen molar-refractivity contribution in [3.63, 3.8) is 0 Å². The number of carboxylic acids is 1. The highest BCUT2D eigenvalue weighted by molar-refractivity contribution is 6.01. The number of aliphatic hydroxyl groups is 3. The highest BCUT2D eigenvalue weighted by atomic mass is 16.4. The summed E-state index contributed by atoms with van der Waals surface area (Å²) in [5.41, 5.74) is 31.8. The molecule has 15 amide bonds. The second kappa shape index (κ2) is 58.8. The number of amides is 15. The molecule has 1 aromatic heterocycles. The number of fused-ring (bicyclic) bond motifs is 1. The van der Waals surface area contributed by atoms with Gasteiger partial charge in [0, 0.05) is 55.7 Å². The molecule has 0 radical (unpaired) electrons. The zero-order chi connectivity index (χ0) is 101. The van der Waals surface area contributed by atoms with E-state index in [2.05, 4.69) is 84.7 Å². The smallest absolute Gasteiger partial charge is 0.326 e. The number of hydrogen-bond donors (Lipinski definition) is 27. The SMILES string of the molecule is CC[C@H](C)[C@H](NC(=O)[C@H](CO)NC(=O)[C@H](CCC(N)=O)NC(=O)[C@H](CC(C)C)NC(=O)[C@H](CCCCN)NC(=O)[C@H](CO)NC(=O)[C@H](Cc1c[nH]c2ccccc12)NC(=O)[C@@H](NC(=O)[C@H](CO)NC(=O)[C@H](CCCCN)NC(=O)[C@H](CCCNC(=N)N)NC(=O)[C@H](Cc1ccc(O)cc1)NC(=O)[C@H](Cc1ccccc1)NC(=O)[C@H](Cc1ccccc1)NC(=O)[C@@H](N)CC(C)C)C(C)C)C(=O)O. The lowest BCUT2D eigenvalue weighted by atomic mass is 9.99. The molecule has 0 saturated heterocycles. The number of guanidine groups is 1. The Hall–Kier alpha value is -13.2. The van der Waals surface area contributed by atoms with E-state index < -0.39 is 236 Å². The number of aromatic hydroxyl groups is 1. The van der Waals surface area contributed by atoms with E-state index in [1.165, 1.54) is 38.1 Å². The molecule has 4 aromatic carbocycles. The van der Waals surface area contributed by atoms with E-state index in [-0.39, 0.29) is 108 Å². The Morgan fingerprint density at radius 1 is 0.382 bits per heavy atom. The number of aliphatic carboxylic acids is 1. The molecule has 748 valence electrons. The summed E-state index contributed by atoms with van der Waals surface area (Å²) in [4.78, 5) is 230. The molecule has 0 spiro atoms. The number of nitrogens with one attached hydrogen (secondary N) is 17. The molecular weight excluding hydrogens is 1760 g/mol. The third-order valence-electron chi connectivity index (χ3n) is 22.5. The maximum atomic E-state index is 15.1. The molecular formula is C93H140N22O21. The molecule has 5 rings (SSSR count). The number of carbonyl (C=O) groups is 16. The fourth-order valence-corrected chi connectivity index (χ4v) is 14.7. The van der Waals surface area contributed by atoms with Crippen molar-refractivity contribution in [2.24, 2.45) is 52.3 Å². The fraction of sp³-hybridized carbons (Fsp3) is 0.538. The van der Waals surface area contributed by atoms with E-state index in [0.717, 1.165) is 0 Å². The van der Waals surface area contributed by atoms with E-state index in [1.807, 2.05) is 13.8 Å². The highest BCUT2D eigenvalue weighted by Crippen LogP contribution is 2.22. The van der Waals surface area contributed by atoms with Gasteiger partial charge in [-0.25, -0.2) is 4.79 Å². The summed E-state index contributed by atoms with van der Waals surface area (Å²) in [7, 11) is 0. The van der Waals surface area contributed by atoms with Crippen molar-refractivity contribution in [3.05, 3.63) is 138 Å². The van der Waals surface area contributed by atoms with Crippen molar-refractivity contribution in [1.29, 1.82) is 5.41 Å². The van der Waals surface area contributed by atoms with Gasteiger partial charge in [-0.05, 0) is 148 Å². The minimum Gasteiger partial charge on any atom is -0.508 e. The third kappa shape index (κ3) is 39.0. The summed E-state index contributed by atoms with van der Waals surface area (Å²) in [5.74, 6) is -18.4. The van der Waals surface area contributed by atoms with E-state index in [0.29, 0.717) is 58.8 Å². The van der Waals surface area contributed by atoms with Gasteiger partial charge in [0.05, 0.1) is 25.9 Å². The molecule has 1 heterocycles. The largest absolute Gasteiger partial charge is 0.508 e. The molecule has 43 heteroatoms. The van der Waals surface area contributed by atoms with Crippen LogP contribution in [-0.2, 0) is 102 Å². The van der Waals surface area contributed by atoms with Gasteiger partial charge in [0.1, 0.15) is 90.3 Å². The monoisotopic (exact) mass is 1900 g/mol. The summed E-state index contributed by atoms with van der Waals surface area (Å²) >= 11 is 0. The number of hydrogen-bond acceptors (Lipinski definition) is 24. The molecule has 5 aromatic rings. The van der Waals surface area contributed by atoms with Crippen LogP contribution in [0, 0.1) is 29.1 Å². The topological polar surface area (TPSA) is 724 Å². The lowest BCUT2D eigenvalue weighted by Gasteiger charge is -2.29. The Balaban J connectivity index is 1.41. The van der Waals surface area contributed by atoms with Gasteiger partial charge >= 0.3 is 5.97 Å². The van der Waals surface area contributed by atoms with Crippen LogP contribution in [0.2, 0.25) is 0 Å². The first-order chi connectivity index (χ1) is 64.6. The number of phenols is 1. The molecule has 16 atom stereocenters. The highest BCUT2D eigenvalue weighted by Gasteiger charge is 2.40. The van der Waals surface area contributed by atoms with Crippen LogP contribution in [0.25, 0.3) is 10.9 Å². The van der Waals surface area contributed by atoms with Crippen molar-refractivity contribution in [1.82, 2.24) is 84.7 Å². The number of unbranched alkanes of at least 4 members (excludes halogenated alkanes) is 2. The number of primary amides is 1. The van der Waals surface area contributed by atoms with Crippen LogP contribution < -0.4 is 108 Å². The fourth-order valence-electron chi connectivity index (χ4n) is 14.7. The van der Waals surface area contributed by atoms with Gasteiger partial charge in [-0.1, -0.05) is 153 Å². The van der Waals surface area contributed by atoms with Crippen LogP contribution in [0.3, 0.4) is 0 Å². The minimum atomic E-state index is -1.89. The average molecular weight is 1900 g/mol. The van der Waals surface area contributed by atoms with Crippen LogP contribution >= 0.6 is 0 Å². The number of benzene rings is 4. The predicted molar refractivity (Wildman–Crippen MR) is 505 cm³/mol. The standard InChI is InChI=1S/C93H140N22O21/c1-9-54(8)77(92(135)136)115-90(133)74(50-118)112-82(125)66(36-37-75(97)120)105-83(126)67(42-52(4)5)107-80(123)63(29-18-20-38-94)104-88(131)72(48-116)113-87(130)71(46-58-47-101-62-28-17-16-27-60(58)62)110-91(134)76(53(6)7)114-89(132)73(49-117)111-81(124)64(30-19-21-39-95)102-79(122)65(31-22-40-100-93(98)99)103-84(127)70(45-57-32-34-59(119)35-33-57)109-86(129)69(44-56-25-14-11-15-26-56)108-85(128)68(43-55-23-12-10-13-24-55)106-78(121)61(96)41-51(2)3/h10-17,23-28,32-35,47,51-54,61,63-74,76-77,101,116-119H,9,18-22,29-31,36-46,48-50,94-96H2,1-8H3,(H2,97,120)(H,102,122)(H,103,127)(H,104,131)(H,105,126)(H,106,121)(H,107,123)(H,108,128)(H,109,129)(H,110,134)(H,111,124)(H,112,125)(H,113,130)(H,114,132)(H,115,133)(H,135,136)(H4,98,99,100)/t54-,61-,63-,64-,65-,66-,67-,68-,69-,70-,71-,72-,73-,74-,76-,77-/m0/s1. The third-order valence-corrected chi connectivity index (χ3v) is 22.5. The zero-order valence-corrected chi connectivity index (χ0v) is 78.4. The number of rotatable bonds is 62. The molecule has 0 unspecified atom stereocenters. The van der Waals surface area contributed by atoms with E-state index in [1.54, 1.807) is 119 Å². The number of para-hydroxylation sites is 1. The normalized spacial score (nSPS) is 14.8. The number of aliphatic hydroxyl groups excluding tert-OH is 3. The first-order valence-electron chi connectivity index (χ1n) is 45.9. The maximum Gasteiger partial charge on any atom is 0.326 e. The van der Waals surface area contributed by atoms with Gasteiger partial charge in [0.25, 0.3) is 0 Å². The van der Waals surface area contributed by atoms with Crippen LogP contribution in [0.15, 0.2) is 115 Å². The first-order valence-corrected chi connectivity index (χ1v) is 45.9. The number of aromatic nitrogens is 1. The van der Waals surface area contributed by atoms with Crippen LogP contribution in [-0.4, -0.2) is 261 Å². The maximum absolute atomic E-state index is 15.1. The first kappa shape index (κ1) is 113. The Morgan fingerprint density at radius 3 is 1.13 bits per heavy atom. The number of nitrogens with two attached hydrogens (primary N) is 5. The second-order valence-electron chi connectivity index (χ2n) is 35.0. The molecule has 0 aliphatic carbocycles. The van der Waals surface area contributed by atoms with Gasteiger partial charge < -0.3 is 139 Å². The van der Waals surface area contributed by atoms with Crippen molar-refractivity contribution in [3.8, 4) is 5.75 Å². The predicted octanol–water partition coefficient (Wildman–Crippen LogP) is -3.10.